The summed E-state index contributed by atoms with van der Waals surface area (Å²) in [5.74, 6) is 0. The Hall–Kier alpha value is -1.33. The lowest BCUT2D eigenvalue weighted by molar-refractivity contribution is 0.813. The van der Waals surface area contributed by atoms with E-state index in [4.69, 9.17) is 11.0 Å². The number of nitrogens with two attached hydrogens (primary N) is 1. The maximum absolute atomic E-state index is 8.84. The van der Waals surface area contributed by atoms with Gasteiger partial charge in [0.2, 0.25) is 0 Å². The Morgan fingerprint density at radius 1 is 1.50 bits per heavy atom. The van der Waals surface area contributed by atoms with Gasteiger partial charge in [-0.25, -0.2) is 0 Å². The molecule has 1 atom stereocenters. The molecule has 2 nitrogen and oxygen atoms in total. The molecule has 2 heteroatoms. The summed E-state index contributed by atoms with van der Waals surface area (Å²) in [7, 11) is 0. The monoisotopic (exact) mass is 160 g/mol. The van der Waals surface area contributed by atoms with Crippen molar-refractivity contribution in [2.45, 2.75) is 19.9 Å². The Bertz CT molecular complexity index is 321. The van der Waals surface area contributed by atoms with E-state index < -0.39 is 0 Å². The summed E-state index contributed by atoms with van der Waals surface area (Å²) >= 11 is 0. The van der Waals surface area contributed by atoms with Crippen molar-refractivity contribution in [3.63, 3.8) is 0 Å². The Balaban J connectivity index is 3.30. The van der Waals surface area contributed by atoms with Crippen LogP contribution in [0.15, 0.2) is 18.2 Å². The molecule has 1 rings (SSSR count). The van der Waals surface area contributed by atoms with E-state index in [2.05, 4.69) is 6.07 Å². The predicted octanol–water partition coefficient (Wildman–Crippen LogP) is 1.89. The molecular weight excluding hydrogens is 148 g/mol. The van der Waals surface area contributed by atoms with E-state index in [-0.39, 0.29) is 6.04 Å². The van der Waals surface area contributed by atoms with E-state index in [0.717, 1.165) is 11.1 Å². The highest BCUT2D eigenvalue weighted by Gasteiger charge is 2.07. The normalized spacial score (nSPS) is 12.2. The van der Waals surface area contributed by atoms with Gasteiger partial charge in [-0.05, 0) is 25.0 Å². The first-order valence-corrected chi connectivity index (χ1v) is 3.92. The van der Waals surface area contributed by atoms with Crippen LogP contribution in [-0.4, -0.2) is 0 Å². The van der Waals surface area contributed by atoms with Gasteiger partial charge in [-0.3, -0.25) is 0 Å². The molecule has 0 bridgehead atoms. The maximum Gasteiger partial charge on any atom is 0.0997 e. The zero-order chi connectivity index (χ0) is 9.14. The number of aryl methyl sites for hydroxylation is 1. The van der Waals surface area contributed by atoms with Crippen LogP contribution in [0.3, 0.4) is 0 Å². The fraction of sp³-hybridized carbons (Fsp3) is 0.300. The fourth-order valence-electron chi connectivity index (χ4n) is 1.22. The molecule has 2 N–H and O–H groups in total. The van der Waals surface area contributed by atoms with Gasteiger partial charge in [-0.2, -0.15) is 5.26 Å². The van der Waals surface area contributed by atoms with Crippen molar-refractivity contribution in [3.05, 3.63) is 34.9 Å². The first-order chi connectivity index (χ1) is 5.66. The summed E-state index contributed by atoms with van der Waals surface area (Å²) in [4.78, 5) is 0. The van der Waals surface area contributed by atoms with E-state index in [1.165, 1.54) is 0 Å². The molecular formula is C10H12N2. The third-order valence-corrected chi connectivity index (χ3v) is 1.91. The van der Waals surface area contributed by atoms with Crippen LogP contribution in [0.4, 0.5) is 0 Å². The lowest BCUT2D eigenvalue weighted by atomic mass is 9.99. The van der Waals surface area contributed by atoms with Crippen LogP contribution in [0.25, 0.3) is 0 Å². The summed E-state index contributed by atoms with van der Waals surface area (Å²) in [5.41, 5.74) is 8.34. The molecule has 1 aromatic rings. The smallest absolute Gasteiger partial charge is 0.0997 e. The van der Waals surface area contributed by atoms with Crippen LogP contribution in [-0.2, 0) is 0 Å². The number of nitriles is 1. The molecule has 0 saturated carbocycles. The summed E-state index contributed by atoms with van der Waals surface area (Å²) in [5, 5.41) is 8.84. The van der Waals surface area contributed by atoms with Crippen LogP contribution in [0, 0.1) is 18.3 Å². The van der Waals surface area contributed by atoms with Crippen molar-refractivity contribution >= 4 is 0 Å². The second-order valence-electron chi connectivity index (χ2n) is 2.94. The third kappa shape index (κ3) is 1.46. The summed E-state index contributed by atoms with van der Waals surface area (Å²) in [6.45, 7) is 3.81. The average molecular weight is 160 g/mol. The highest BCUT2D eigenvalue weighted by molar-refractivity contribution is 5.44. The number of benzene rings is 1. The SMILES string of the molecule is Cc1cccc(C(C)N)c1C#N. The largest absolute Gasteiger partial charge is 0.324 e. The van der Waals surface area contributed by atoms with Gasteiger partial charge in [-0.15, -0.1) is 0 Å². The van der Waals surface area contributed by atoms with Gasteiger partial charge in [0.25, 0.3) is 0 Å². The topological polar surface area (TPSA) is 49.8 Å². The number of hydrogen-bond donors (Lipinski definition) is 1. The molecule has 0 saturated heterocycles. The Kier molecular flexibility index (Phi) is 2.47. The average Bonchev–Trinajstić information content (AvgIpc) is 2.03. The van der Waals surface area contributed by atoms with Gasteiger partial charge in [0.05, 0.1) is 11.6 Å². The van der Waals surface area contributed by atoms with Crippen LogP contribution >= 0.6 is 0 Å². The molecule has 0 aliphatic heterocycles. The minimum Gasteiger partial charge on any atom is -0.324 e. The highest BCUT2D eigenvalue weighted by atomic mass is 14.6. The van der Waals surface area contributed by atoms with E-state index in [1.54, 1.807) is 0 Å². The first kappa shape index (κ1) is 8.76. The van der Waals surface area contributed by atoms with Crippen LogP contribution in [0.5, 0.6) is 0 Å². The molecule has 0 aliphatic carbocycles. The minimum absolute atomic E-state index is 0.0699. The summed E-state index contributed by atoms with van der Waals surface area (Å²) in [6.07, 6.45) is 0. The van der Waals surface area contributed by atoms with Crippen molar-refractivity contribution in [2.24, 2.45) is 5.73 Å². The molecule has 0 radical (unpaired) electrons. The number of nitrogens with zero attached hydrogens (tertiary/aromatic N) is 1. The summed E-state index contributed by atoms with van der Waals surface area (Å²) < 4.78 is 0. The Morgan fingerprint density at radius 2 is 2.17 bits per heavy atom. The number of rotatable bonds is 1. The van der Waals surface area contributed by atoms with Gasteiger partial charge in [-0.1, -0.05) is 18.2 Å². The van der Waals surface area contributed by atoms with Crippen molar-refractivity contribution in [1.29, 1.82) is 5.26 Å². The second kappa shape index (κ2) is 3.38. The third-order valence-electron chi connectivity index (χ3n) is 1.91. The Morgan fingerprint density at radius 3 is 2.58 bits per heavy atom. The molecule has 0 fully saturated rings. The summed E-state index contributed by atoms with van der Waals surface area (Å²) in [6, 6.07) is 7.84. The van der Waals surface area contributed by atoms with Crippen molar-refractivity contribution in [1.82, 2.24) is 0 Å². The van der Waals surface area contributed by atoms with Gasteiger partial charge in [0.15, 0.2) is 0 Å². The van der Waals surface area contributed by atoms with Crippen molar-refractivity contribution in [3.8, 4) is 6.07 Å². The van der Waals surface area contributed by atoms with E-state index in [9.17, 15) is 0 Å². The van der Waals surface area contributed by atoms with Gasteiger partial charge in [0, 0.05) is 6.04 Å². The van der Waals surface area contributed by atoms with Gasteiger partial charge < -0.3 is 5.73 Å². The molecule has 0 aromatic heterocycles. The molecule has 1 unspecified atom stereocenters. The highest BCUT2D eigenvalue weighted by Crippen LogP contribution is 2.17. The molecule has 0 heterocycles. The van der Waals surface area contributed by atoms with Gasteiger partial charge in [0.1, 0.15) is 0 Å². The van der Waals surface area contributed by atoms with E-state index >= 15 is 0 Å². The minimum atomic E-state index is -0.0699. The van der Waals surface area contributed by atoms with Crippen LogP contribution < -0.4 is 5.73 Å². The first-order valence-electron chi connectivity index (χ1n) is 3.92. The van der Waals surface area contributed by atoms with Crippen LogP contribution in [0.1, 0.15) is 29.7 Å². The van der Waals surface area contributed by atoms with Crippen molar-refractivity contribution in [2.75, 3.05) is 0 Å². The van der Waals surface area contributed by atoms with E-state index in [1.807, 2.05) is 32.0 Å². The van der Waals surface area contributed by atoms with Crippen LogP contribution in [0.2, 0.25) is 0 Å². The zero-order valence-electron chi connectivity index (χ0n) is 7.33. The predicted molar refractivity (Wildman–Crippen MR) is 48.5 cm³/mol. The molecule has 0 aliphatic rings. The van der Waals surface area contributed by atoms with Crippen molar-refractivity contribution < 1.29 is 0 Å². The van der Waals surface area contributed by atoms with E-state index in [0.29, 0.717) is 5.56 Å². The quantitative estimate of drug-likeness (QED) is 0.682. The van der Waals surface area contributed by atoms with Gasteiger partial charge >= 0.3 is 0 Å². The second-order valence-corrected chi connectivity index (χ2v) is 2.94. The Labute approximate surface area is 72.6 Å². The fourth-order valence-corrected chi connectivity index (χ4v) is 1.22. The number of hydrogen-bond acceptors (Lipinski definition) is 2. The molecule has 0 spiro atoms. The molecule has 1 aromatic carbocycles. The molecule has 12 heavy (non-hydrogen) atoms. The standard InChI is InChI=1S/C10H12N2/c1-7-4-3-5-9(8(2)12)10(7)6-11/h3-5,8H,12H2,1-2H3. The molecule has 0 amide bonds. The maximum atomic E-state index is 8.84. The zero-order valence-corrected chi connectivity index (χ0v) is 7.33. The lowest BCUT2D eigenvalue weighted by Crippen LogP contribution is -2.07. The lowest BCUT2D eigenvalue weighted by Gasteiger charge is -2.08. The molecule has 62 valence electrons.